The molecule has 4 nitrogen and oxygen atoms in total. The van der Waals surface area contributed by atoms with Crippen molar-refractivity contribution >= 4 is 11.9 Å². The van der Waals surface area contributed by atoms with Crippen molar-refractivity contribution in [2.24, 2.45) is 5.41 Å². The van der Waals surface area contributed by atoms with E-state index in [1.165, 1.54) is 12.1 Å². The number of likely N-dealkylation sites (tertiary alicyclic amines) is 1. The van der Waals surface area contributed by atoms with Crippen LogP contribution in [0.1, 0.15) is 35.7 Å². The monoisotopic (exact) mass is 387 g/mol. The van der Waals surface area contributed by atoms with E-state index >= 15 is 0 Å². The number of halogens is 2. The van der Waals surface area contributed by atoms with Crippen LogP contribution < -0.4 is 0 Å². The minimum Gasteiger partial charge on any atom is -0.466 e. The molecule has 0 radical (unpaired) electrons. The van der Waals surface area contributed by atoms with Gasteiger partial charge in [-0.3, -0.25) is 9.59 Å². The van der Waals surface area contributed by atoms with Gasteiger partial charge < -0.3 is 9.64 Å². The molecule has 0 aliphatic carbocycles. The number of carbonyl (C=O) groups excluding carboxylic acids is 2. The quantitative estimate of drug-likeness (QED) is 0.729. The molecule has 0 unspecified atom stereocenters. The van der Waals surface area contributed by atoms with E-state index in [1.54, 1.807) is 36.1 Å². The molecule has 1 saturated heterocycles. The standard InChI is InChI=1S/C22H23F2NO3/c1-2-28-21(27)22(14-17-9-10-18(23)13-19(17)24)11-6-12-25(15-22)20(26)16-7-4-3-5-8-16/h3-5,7-10,13H,2,6,11-12,14-15H2,1H3/t22-/m1/s1. The molecule has 2 aromatic rings. The highest BCUT2D eigenvalue weighted by Gasteiger charge is 2.45. The molecule has 2 aromatic carbocycles. The van der Waals surface area contributed by atoms with Crippen LogP contribution in [0.4, 0.5) is 8.78 Å². The fourth-order valence-corrected chi connectivity index (χ4v) is 3.77. The lowest BCUT2D eigenvalue weighted by Gasteiger charge is -2.41. The van der Waals surface area contributed by atoms with Gasteiger partial charge in [-0.25, -0.2) is 8.78 Å². The van der Waals surface area contributed by atoms with Crippen molar-refractivity contribution in [2.45, 2.75) is 26.2 Å². The second-order valence-electron chi connectivity index (χ2n) is 7.11. The number of rotatable bonds is 5. The van der Waals surface area contributed by atoms with E-state index in [2.05, 4.69) is 0 Å². The molecule has 1 fully saturated rings. The van der Waals surface area contributed by atoms with Crippen molar-refractivity contribution < 1.29 is 23.1 Å². The van der Waals surface area contributed by atoms with E-state index < -0.39 is 23.0 Å². The van der Waals surface area contributed by atoms with Gasteiger partial charge in [-0.2, -0.15) is 0 Å². The average molecular weight is 387 g/mol. The highest BCUT2D eigenvalue weighted by atomic mass is 19.1. The molecule has 0 saturated carbocycles. The molecule has 3 rings (SSSR count). The summed E-state index contributed by atoms with van der Waals surface area (Å²) in [7, 11) is 0. The summed E-state index contributed by atoms with van der Waals surface area (Å²) in [6, 6.07) is 12.2. The summed E-state index contributed by atoms with van der Waals surface area (Å²) < 4.78 is 32.8. The van der Waals surface area contributed by atoms with Crippen molar-refractivity contribution in [1.82, 2.24) is 4.90 Å². The van der Waals surface area contributed by atoms with Crippen molar-refractivity contribution in [3.63, 3.8) is 0 Å². The summed E-state index contributed by atoms with van der Waals surface area (Å²) in [5.74, 6) is -2.00. The number of esters is 1. The second-order valence-corrected chi connectivity index (χ2v) is 7.11. The van der Waals surface area contributed by atoms with Gasteiger partial charge in [0.2, 0.25) is 0 Å². The van der Waals surface area contributed by atoms with Gasteiger partial charge in [0.15, 0.2) is 0 Å². The molecule has 0 N–H and O–H groups in total. The molecule has 1 aliphatic rings. The third-order valence-electron chi connectivity index (χ3n) is 5.14. The molecular formula is C22H23F2NO3. The smallest absolute Gasteiger partial charge is 0.314 e. The van der Waals surface area contributed by atoms with Crippen LogP contribution in [-0.2, 0) is 16.0 Å². The molecule has 148 valence electrons. The lowest BCUT2D eigenvalue weighted by atomic mass is 9.74. The zero-order chi connectivity index (χ0) is 20.1. The first-order chi connectivity index (χ1) is 13.4. The molecule has 0 bridgehead atoms. The first-order valence-corrected chi connectivity index (χ1v) is 9.41. The number of hydrogen-bond donors (Lipinski definition) is 0. The van der Waals surface area contributed by atoms with Crippen LogP contribution in [0.3, 0.4) is 0 Å². The fourth-order valence-electron chi connectivity index (χ4n) is 3.77. The molecule has 1 heterocycles. The summed E-state index contributed by atoms with van der Waals surface area (Å²) in [6.45, 7) is 2.55. The number of amides is 1. The van der Waals surface area contributed by atoms with E-state index in [4.69, 9.17) is 4.74 Å². The number of nitrogens with zero attached hydrogens (tertiary/aromatic N) is 1. The van der Waals surface area contributed by atoms with Gasteiger partial charge in [0.1, 0.15) is 11.6 Å². The molecule has 1 aliphatic heterocycles. The van der Waals surface area contributed by atoms with E-state index in [0.29, 0.717) is 24.9 Å². The number of ether oxygens (including phenoxy) is 1. The van der Waals surface area contributed by atoms with Crippen LogP contribution in [0.15, 0.2) is 48.5 Å². The number of benzene rings is 2. The van der Waals surface area contributed by atoms with Gasteiger partial charge in [-0.1, -0.05) is 24.3 Å². The first kappa shape index (κ1) is 20.0. The molecule has 0 spiro atoms. The lowest BCUT2D eigenvalue weighted by molar-refractivity contribution is -0.158. The lowest BCUT2D eigenvalue weighted by Crippen LogP contribution is -2.51. The van der Waals surface area contributed by atoms with E-state index in [0.717, 1.165) is 6.07 Å². The highest BCUT2D eigenvalue weighted by Crippen LogP contribution is 2.36. The van der Waals surface area contributed by atoms with E-state index in [-0.39, 0.29) is 31.0 Å². The van der Waals surface area contributed by atoms with Crippen LogP contribution in [0.2, 0.25) is 0 Å². The van der Waals surface area contributed by atoms with Gasteiger partial charge in [0.25, 0.3) is 5.91 Å². The maximum Gasteiger partial charge on any atom is 0.314 e. The van der Waals surface area contributed by atoms with Crippen molar-refractivity contribution in [1.29, 1.82) is 0 Å². The summed E-state index contributed by atoms with van der Waals surface area (Å²) in [4.78, 5) is 27.4. The largest absolute Gasteiger partial charge is 0.466 e. The Kier molecular flexibility index (Phi) is 6.07. The molecule has 1 atom stereocenters. The van der Waals surface area contributed by atoms with E-state index in [9.17, 15) is 18.4 Å². The Bertz CT molecular complexity index is 856. The Morgan fingerprint density at radius 2 is 1.89 bits per heavy atom. The predicted molar refractivity (Wildman–Crippen MR) is 101 cm³/mol. The average Bonchev–Trinajstić information content (AvgIpc) is 2.70. The van der Waals surface area contributed by atoms with Crippen LogP contribution in [0, 0.1) is 17.0 Å². The van der Waals surface area contributed by atoms with Crippen molar-refractivity contribution in [3.05, 3.63) is 71.3 Å². The van der Waals surface area contributed by atoms with Gasteiger partial charge in [-0.05, 0) is 49.9 Å². The zero-order valence-electron chi connectivity index (χ0n) is 15.8. The number of carbonyl (C=O) groups is 2. The fraction of sp³-hybridized carbons (Fsp3) is 0.364. The van der Waals surface area contributed by atoms with Crippen molar-refractivity contribution in [3.8, 4) is 0 Å². The van der Waals surface area contributed by atoms with Crippen LogP contribution in [-0.4, -0.2) is 36.5 Å². The summed E-state index contributed by atoms with van der Waals surface area (Å²) in [5, 5.41) is 0. The van der Waals surface area contributed by atoms with Gasteiger partial charge in [-0.15, -0.1) is 0 Å². The van der Waals surface area contributed by atoms with E-state index in [1.807, 2.05) is 6.07 Å². The predicted octanol–water partition coefficient (Wildman–Crippen LogP) is 3.99. The van der Waals surface area contributed by atoms with Crippen LogP contribution in [0.5, 0.6) is 0 Å². The summed E-state index contributed by atoms with van der Waals surface area (Å²) in [5.41, 5.74) is -0.282. The molecular weight excluding hydrogens is 364 g/mol. The maximum absolute atomic E-state index is 14.3. The number of piperidine rings is 1. The van der Waals surface area contributed by atoms with Gasteiger partial charge >= 0.3 is 5.97 Å². The second kappa shape index (κ2) is 8.50. The first-order valence-electron chi connectivity index (χ1n) is 9.41. The highest BCUT2D eigenvalue weighted by molar-refractivity contribution is 5.94. The van der Waals surface area contributed by atoms with Gasteiger partial charge in [0.05, 0.1) is 12.0 Å². The molecule has 6 heteroatoms. The summed E-state index contributed by atoms with van der Waals surface area (Å²) in [6.07, 6.45) is 1.12. The van der Waals surface area contributed by atoms with Gasteiger partial charge in [0, 0.05) is 24.7 Å². The Labute approximate surface area is 163 Å². The summed E-state index contributed by atoms with van der Waals surface area (Å²) >= 11 is 0. The van der Waals surface area contributed by atoms with Crippen molar-refractivity contribution in [2.75, 3.05) is 19.7 Å². The topological polar surface area (TPSA) is 46.6 Å². The SMILES string of the molecule is CCOC(=O)[C@@]1(Cc2ccc(F)cc2F)CCCN(C(=O)c2ccccc2)C1. The Morgan fingerprint density at radius 3 is 2.57 bits per heavy atom. The van der Waals surface area contributed by atoms with Crippen LogP contribution >= 0.6 is 0 Å². The minimum absolute atomic E-state index is 0.0521. The maximum atomic E-state index is 14.3. The zero-order valence-corrected chi connectivity index (χ0v) is 15.8. The third-order valence-corrected chi connectivity index (χ3v) is 5.14. The van der Waals surface area contributed by atoms with Crippen LogP contribution in [0.25, 0.3) is 0 Å². The Balaban J connectivity index is 1.90. The third kappa shape index (κ3) is 4.21. The number of hydrogen-bond acceptors (Lipinski definition) is 3. The Morgan fingerprint density at radius 1 is 1.14 bits per heavy atom. The minimum atomic E-state index is -1.06. The molecule has 1 amide bonds. The Hall–Kier alpha value is -2.76. The molecule has 0 aromatic heterocycles. The normalized spacial score (nSPS) is 19.3. The molecule has 28 heavy (non-hydrogen) atoms.